The average Bonchev–Trinajstić information content (AvgIpc) is 2.31. The van der Waals surface area contributed by atoms with E-state index in [0.29, 0.717) is 19.3 Å². The first-order valence-corrected chi connectivity index (χ1v) is 6.40. The Morgan fingerprint density at radius 2 is 1.81 bits per heavy atom. The second-order valence-electron chi connectivity index (χ2n) is 5.25. The van der Waals surface area contributed by atoms with E-state index in [-0.39, 0.29) is 0 Å². The van der Waals surface area contributed by atoms with Crippen LogP contribution in [0.5, 0.6) is 0 Å². The zero-order chi connectivity index (χ0) is 11.6. The molecule has 2 fully saturated rings. The van der Waals surface area contributed by atoms with Crippen molar-refractivity contribution in [2.45, 2.75) is 44.1 Å². The number of halogens is 2. The molecule has 0 radical (unpaired) electrons. The number of hydrogen-bond donors (Lipinski definition) is 1. The van der Waals surface area contributed by atoms with Crippen molar-refractivity contribution in [1.29, 1.82) is 0 Å². The number of nitrogens with one attached hydrogen (secondary N) is 1. The van der Waals surface area contributed by atoms with Crippen LogP contribution in [0.25, 0.3) is 0 Å². The number of likely N-dealkylation sites (tertiary alicyclic amines) is 1. The van der Waals surface area contributed by atoms with Gasteiger partial charge in [0.25, 0.3) is 5.92 Å². The van der Waals surface area contributed by atoms with E-state index in [9.17, 15) is 8.78 Å². The SMILES string of the molecule is CN1CCC(C(F)(F)C2CCCCN2)CC1. The molecule has 2 aliphatic rings. The van der Waals surface area contributed by atoms with Gasteiger partial charge in [0.15, 0.2) is 0 Å². The van der Waals surface area contributed by atoms with Gasteiger partial charge in [-0.2, -0.15) is 0 Å². The Morgan fingerprint density at radius 3 is 2.38 bits per heavy atom. The topological polar surface area (TPSA) is 15.3 Å². The van der Waals surface area contributed by atoms with E-state index < -0.39 is 17.9 Å². The summed E-state index contributed by atoms with van der Waals surface area (Å²) in [7, 11) is 2.01. The van der Waals surface area contributed by atoms with Gasteiger partial charge in [0.1, 0.15) is 0 Å². The summed E-state index contributed by atoms with van der Waals surface area (Å²) in [5, 5.41) is 3.00. The molecule has 0 aromatic heterocycles. The van der Waals surface area contributed by atoms with E-state index in [1.165, 1.54) is 0 Å². The normalized spacial score (nSPS) is 30.6. The Balaban J connectivity index is 1.94. The van der Waals surface area contributed by atoms with Gasteiger partial charge in [-0.15, -0.1) is 0 Å². The molecule has 2 nitrogen and oxygen atoms in total. The van der Waals surface area contributed by atoms with E-state index in [1.54, 1.807) is 0 Å². The molecule has 1 atom stereocenters. The van der Waals surface area contributed by atoms with Gasteiger partial charge in [0.2, 0.25) is 0 Å². The molecular weight excluding hydrogens is 210 g/mol. The van der Waals surface area contributed by atoms with Crippen LogP contribution >= 0.6 is 0 Å². The minimum atomic E-state index is -2.51. The largest absolute Gasteiger partial charge is 0.309 e. The molecule has 1 N–H and O–H groups in total. The number of piperidine rings is 2. The fourth-order valence-electron chi connectivity index (χ4n) is 2.86. The third kappa shape index (κ3) is 2.54. The monoisotopic (exact) mass is 232 g/mol. The van der Waals surface area contributed by atoms with Crippen LogP contribution in [-0.4, -0.2) is 43.5 Å². The van der Waals surface area contributed by atoms with Gasteiger partial charge in [-0.1, -0.05) is 6.42 Å². The highest BCUT2D eigenvalue weighted by molar-refractivity contribution is 4.92. The molecule has 2 aliphatic heterocycles. The molecule has 1 unspecified atom stereocenters. The molecule has 0 bridgehead atoms. The maximum atomic E-state index is 14.2. The predicted octanol–water partition coefficient (Wildman–Crippen LogP) is 2.11. The molecule has 0 aliphatic carbocycles. The maximum Gasteiger partial charge on any atom is 0.265 e. The van der Waals surface area contributed by atoms with Crippen LogP contribution in [0.1, 0.15) is 32.1 Å². The standard InChI is InChI=1S/C12H22F2N2/c1-16-8-5-10(6-9-16)12(13,14)11-4-2-3-7-15-11/h10-11,15H,2-9H2,1H3. The van der Waals surface area contributed by atoms with Gasteiger partial charge in [-0.3, -0.25) is 0 Å². The lowest BCUT2D eigenvalue weighted by Crippen LogP contribution is -2.53. The third-order valence-corrected chi connectivity index (χ3v) is 4.04. The fourth-order valence-corrected chi connectivity index (χ4v) is 2.86. The van der Waals surface area contributed by atoms with E-state index in [4.69, 9.17) is 0 Å². The predicted molar refractivity (Wildman–Crippen MR) is 60.8 cm³/mol. The molecule has 0 aromatic rings. The highest BCUT2D eigenvalue weighted by atomic mass is 19.3. The first kappa shape index (κ1) is 12.2. The van der Waals surface area contributed by atoms with Crippen LogP contribution in [0.2, 0.25) is 0 Å². The van der Waals surface area contributed by atoms with Crippen LogP contribution in [0.15, 0.2) is 0 Å². The van der Waals surface area contributed by atoms with E-state index in [1.807, 2.05) is 7.05 Å². The van der Waals surface area contributed by atoms with Crippen molar-refractivity contribution in [2.75, 3.05) is 26.7 Å². The van der Waals surface area contributed by atoms with Crippen molar-refractivity contribution < 1.29 is 8.78 Å². The molecule has 2 heterocycles. The summed E-state index contributed by atoms with van der Waals surface area (Å²) < 4.78 is 28.5. The van der Waals surface area contributed by atoms with Crippen molar-refractivity contribution in [3.63, 3.8) is 0 Å². The second kappa shape index (κ2) is 4.96. The summed E-state index contributed by atoms with van der Waals surface area (Å²) in [5.41, 5.74) is 0. The van der Waals surface area contributed by atoms with E-state index in [2.05, 4.69) is 10.2 Å². The van der Waals surface area contributed by atoms with E-state index >= 15 is 0 Å². The maximum absolute atomic E-state index is 14.2. The van der Waals surface area contributed by atoms with Crippen LogP contribution in [0, 0.1) is 5.92 Å². The summed E-state index contributed by atoms with van der Waals surface area (Å²) in [6.45, 7) is 2.38. The Hall–Kier alpha value is -0.220. The molecule has 94 valence electrons. The van der Waals surface area contributed by atoms with Crippen molar-refractivity contribution in [2.24, 2.45) is 5.92 Å². The van der Waals surface area contributed by atoms with Crippen LogP contribution < -0.4 is 5.32 Å². The Bertz CT molecular complexity index is 219. The summed E-state index contributed by atoms with van der Waals surface area (Å²) in [6.07, 6.45) is 3.91. The van der Waals surface area contributed by atoms with Crippen molar-refractivity contribution in [3.05, 3.63) is 0 Å². The Kier molecular flexibility index (Phi) is 3.80. The molecule has 0 spiro atoms. The first-order chi connectivity index (χ1) is 7.60. The van der Waals surface area contributed by atoms with Gasteiger partial charge < -0.3 is 10.2 Å². The number of hydrogen-bond acceptors (Lipinski definition) is 2. The van der Waals surface area contributed by atoms with Crippen molar-refractivity contribution in [3.8, 4) is 0 Å². The van der Waals surface area contributed by atoms with Crippen LogP contribution in [0.3, 0.4) is 0 Å². The number of alkyl halides is 2. The van der Waals surface area contributed by atoms with Gasteiger partial charge in [-0.05, 0) is 52.4 Å². The average molecular weight is 232 g/mol. The summed E-state index contributed by atoms with van der Waals surface area (Å²) >= 11 is 0. The van der Waals surface area contributed by atoms with Gasteiger partial charge in [0.05, 0.1) is 6.04 Å². The highest BCUT2D eigenvalue weighted by Crippen LogP contribution is 2.37. The van der Waals surface area contributed by atoms with Crippen molar-refractivity contribution >= 4 is 0 Å². The first-order valence-electron chi connectivity index (χ1n) is 6.40. The van der Waals surface area contributed by atoms with Gasteiger partial charge in [-0.25, -0.2) is 8.78 Å². The molecule has 0 aromatic carbocycles. The summed E-state index contributed by atoms with van der Waals surface area (Å²) in [6, 6.07) is -0.574. The smallest absolute Gasteiger partial charge is 0.265 e. The highest BCUT2D eigenvalue weighted by Gasteiger charge is 2.47. The molecule has 0 saturated carbocycles. The molecular formula is C12H22F2N2. The Morgan fingerprint density at radius 1 is 1.12 bits per heavy atom. The second-order valence-corrected chi connectivity index (χ2v) is 5.25. The van der Waals surface area contributed by atoms with Crippen LogP contribution in [0.4, 0.5) is 8.78 Å². The van der Waals surface area contributed by atoms with Gasteiger partial charge >= 0.3 is 0 Å². The van der Waals surface area contributed by atoms with Crippen LogP contribution in [-0.2, 0) is 0 Å². The minimum absolute atomic E-state index is 0.417. The lowest BCUT2D eigenvalue weighted by Gasteiger charge is -2.39. The minimum Gasteiger partial charge on any atom is -0.309 e. The quantitative estimate of drug-likeness (QED) is 0.784. The fraction of sp³-hybridized carbons (Fsp3) is 1.00. The summed E-state index contributed by atoms with van der Waals surface area (Å²) in [4.78, 5) is 2.14. The van der Waals surface area contributed by atoms with Crippen molar-refractivity contribution in [1.82, 2.24) is 10.2 Å². The number of rotatable bonds is 2. The number of nitrogens with zero attached hydrogens (tertiary/aromatic N) is 1. The zero-order valence-corrected chi connectivity index (χ0v) is 10.0. The van der Waals surface area contributed by atoms with Gasteiger partial charge in [0, 0.05) is 5.92 Å². The third-order valence-electron chi connectivity index (χ3n) is 4.04. The summed E-state index contributed by atoms with van der Waals surface area (Å²) in [5.74, 6) is -2.93. The molecule has 0 amide bonds. The lowest BCUT2D eigenvalue weighted by molar-refractivity contribution is -0.110. The van der Waals surface area contributed by atoms with E-state index in [0.717, 1.165) is 32.5 Å². The Labute approximate surface area is 96.4 Å². The molecule has 16 heavy (non-hydrogen) atoms. The zero-order valence-electron chi connectivity index (χ0n) is 10.0. The lowest BCUT2D eigenvalue weighted by atomic mass is 9.84. The molecule has 4 heteroatoms. The molecule has 2 rings (SSSR count). The molecule has 2 saturated heterocycles.